The van der Waals surface area contributed by atoms with Gasteiger partial charge in [0.05, 0.1) is 5.56 Å². The minimum Gasteiger partial charge on any atom is -0.382 e. The maximum Gasteiger partial charge on any atom is 0.418 e. The molecule has 0 bridgehead atoms. The van der Waals surface area contributed by atoms with Crippen molar-refractivity contribution >= 4 is 21.6 Å². The van der Waals surface area contributed by atoms with Crippen LogP contribution in [0.25, 0.3) is 0 Å². The summed E-state index contributed by atoms with van der Waals surface area (Å²) in [6, 6.07) is 4.45. The number of alkyl halides is 3. The Balaban J connectivity index is 2.20. The van der Waals surface area contributed by atoms with Gasteiger partial charge in [-0.05, 0) is 43.4 Å². The summed E-state index contributed by atoms with van der Waals surface area (Å²) in [7, 11) is 0. The fraction of sp³-hybridized carbons (Fsp3) is 0.625. The summed E-state index contributed by atoms with van der Waals surface area (Å²) >= 11 is 3.12. The maximum atomic E-state index is 13.2. The molecule has 21 heavy (non-hydrogen) atoms. The molecule has 1 aromatic rings. The molecule has 0 aliphatic heterocycles. The summed E-state index contributed by atoms with van der Waals surface area (Å²) in [4.78, 5) is 0. The van der Waals surface area contributed by atoms with Crippen LogP contribution in [0.4, 0.5) is 18.9 Å². The van der Waals surface area contributed by atoms with E-state index in [9.17, 15) is 13.2 Å². The molecule has 1 N–H and O–H groups in total. The first kappa shape index (κ1) is 16.7. The Hall–Kier alpha value is -0.710. The molecule has 1 aliphatic carbocycles. The van der Waals surface area contributed by atoms with Crippen LogP contribution in [-0.2, 0) is 6.18 Å². The summed E-state index contributed by atoms with van der Waals surface area (Å²) in [6.45, 7) is 2.04. The van der Waals surface area contributed by atoms with E-state index < -0.39 is 11.7 Å². The van der Waals surface area contributed by atoms with E-state index in [1.165, 1.54) is 25.3 Å². The molecule has 0 aromatic heterocycles. The van der Waals surface area contributed by atoms with Gasteiger partial charge in [0.2, 0.25) is 0 Å². The van der Waals surface area contributed by atoms with E-state index in [2.05, 4.69) is 21.2 Å². The molecule has 0 heterocycles. The third-order valence-corrected chi connectivity index (χ3v) is 4.78. The molecule has 0 radical (unpaired) electrons. The van der Waals surface area contributed by atoms with Gasteiger partial charge in [-0.3, -0.25) is 0 Å². The largest absolute Gasteiger partial charge is 0.418 e. The molecule has 0 saturated heterocycles. The van der Waals surface area contributed by atoms with Crippen LogP contribution < -0.4 is 5.32 Å². The molecule has 1 nitrogen and oxygen atoms in total. The van der Waals surface area contributed by atoms with Crippen molar-refractivity contribution in [3.8, 4) is 0 Å². The number of anilines is 1. The number of hydrogen-bond acceptors (Lipinski definition) is 1. The average molecular weight is 364 g/mol. The number of nitrogens with one attached hydrogen (secondary N) is 1. The third kappa shape index (κ3) is 4.38. The zero-order valence-corrected chi connectivity index (χ0v) is 13.7. The van der Waals surface area contributed by atoms with E-state index in [1.54, 1.807) is 6.07 Å². The standard InChI is InChI=1S/C16H21BrF3N/c1-2-14(11-6-4-3-5-7-11)21-15-9-8-12(17)10-13(15)16(18,19)20/h8-11,14,21H,2-7H2,1H3. The predicted octanol–water partition coefficient (Wildman–Crippen LogP) is 6.24. The normalized spacial score (nSPS) is 18.5. The Kier molecular flexibility index (Phi) is 5.58. The summed E-state index contributed by atoms with van der Waals surface area (Å²) in [5.74, 6) is 0.480. The highest BCUT2D eigenvalue weighted by molar-refractivity contribution is 9.10. The first-order valence-electron chi connectivity index (χ1n) is 7.55. The third-order valence-electron chi connectivity index (χ3n) is 4.29. The van der Waals surface area contributed by atoms with Crippen LogP contribution >= 0.6 is 15.9 Å². The maximum absolute atomic E-state index is 13.2. The highest BCUT2D eigenvalue weighted by atomic mass is 79.9. The van der Waals surface area contributed by atoms with Crippen molar-refractivity contribution in [2.75, 3.05) is 5.32 Å². The minimum atomic E-state index is -4.34. The van der Waals surface area contributed by atoms with E-state index in [-0.39, 0.29) is 11.7 Å². The molecule has 5 heteroatoms. The Morgan fingerprint density at radius 2 is 1.90 bits per heavy atom. The van der Waals surface area contributed by atoms with Crippen LogP contribution in [0.1, 0.15) is 51.0 Å². The van der Waals surface area contributed by atoms with Gasteiger partial charge in [0.15, 0.2) is 0 Å². The van der Waals surface area contributed by atoms with Crippen LogP contribution in [-0.4, -0.2) is 6.04 Å². The highest BCUT2D eigenvalue weighted by Gasteiger charge is 2.34. The Morgan fingerprint density at radius 3 is 2.48 bits per heavy atom. The molecule has 1 unspecified atom stereocenters. The van der Waals surface area contributed by atoms with Crippen molar-refractivity contribution in [2.24, 2.45) is 5.92 Å². The molecule has 2 rings (SSSR count). The van der Waals surface area contributed by atoms with Gasteiger partial charge >= 0.3 is 6.18 Å². The van der Waals surface area contributed by atoms with Gasteiger partial charge in [-0.1, -0.05) is 42.1 Å². The number of rotatable bonds is 4. The summed E-state index contributed by atoms with van der Waals surface area (Å²) in [5, 5.41) is 3.16. The van der Waals surface area contributed by atoms with Gasteiger partial charge in [-0.25, -0.2) is 0 Å². The van der Waals surface area contributed by atoms with E-state index in [1.807, 2.05) is 6.92 Å². The topological polar surface area (TPSA) is 12.0 Å². The average Bonchev–Trinajstić information content (AvgIpc) is 2.46. The van der Waals surface area contributed by atoms with Crippen LogP contribution in [0.15, 0.2) is 22.7 Å². The van der Waals surface area contributed by atoms with Crippen LogP contribution in [0, 0.1) is 5.92 Å². The lowest BCUT2D eigenvalue weighted by Crippen LogP contribution is -2.31. The van der Waals surface area contributed by atoms with Crippen LogP contribution in [0.5, 0.6) is 0 Å². The molecular weight excluding hydrogens is 343 g/mol. The number of halogens is 4. The summed E-state index contributed by atoms with van der Waals surface area (Å²) in [5.41, 5.74) is -0.394. The van der Waals surface area contributed by atoms with E-state index in [0.29, 0.717) is 10.4 Å². The second-order valence-electron chi connectivity index (χ2n) is 5.74. The minimum absolute atomic E-state index is 0.118. The Bertz CT molecular complexity index is 467. The van der Waals surface area contributed by atoms with Crippen LogP contribution in [0.3, 0.4) is 0 Å². The Labute approximate surface area is 132 Å². The van der Waals surface area contributed by atoms with Gasteiger partial charge in [-0.2, -0.15) is 13.2 Å². The van der Waals surface area contributed by atoms with Crippen molar-refractivity contribution in [3.05, 3.63) is 28.2 Å². The smallest absolute Gasteiger partial charge is 0.382 e. The zero-order chi connectivity index (χ0) is 15.5. The zero-order valence-electron chi connectivity index (χ0n) is 12.1. The second kappa shape index (κ2) is 7.03. The van der Waals surface area contributed by atoms with Gasteiger partial charge in [0, 0.05) is 16.2 Å². The molecule has 118 valence electrons. The quantitative estimate of drug-likeness (QED) is 0.667. The van der Waals surface area contributed by atoms with Crippen molar-refractivity contribution in [1.82, 2.24) is 0 Å². The number of hydrogen-bond donors (Lipinski definition) is 1. The van der Waals surface area contributed by atoms with Gasteiger partial charge in [0.25, 0.3) is 0 Å². The fourth-order valence-electron chi connectivity index (χ4n) is 3.17. The lowest BCUT2D eigenvalue weighted by molar-refractivity contribution is -0.137. The summed E-state index contributed by atoms with van der Waals surface area (Å²) in [6.07, 6.45) is 2.37. The molecule has 1 saturated carbocycles. The van der Waals surface area contributed by atoms with Crippen LogP contribution in [0.2, 0.25) is 0 Å². The monoisotopic (exact) mass is 363 g/mol. The number of benzene rings is 1. The molecular formula is C16H21BrF3N. The predicted molar refractivity (Wildman–Crippen MR) is 83.4 cm³/mol. The van der Waals surface area contributed by atoms with Crippen molar-refractivity contribution in [2.45, 2.75) is 57.7 Å². The fourth-order valence-corrected chi connectivity index (χ4v) is 3.53. The van der Waals surface area contributed by atoms with Gasteiger partial charge in [-0.15, -0.1) is 0 Å². The molecule has 0 spiro atoms. The summed E-state index contributed by atoms with van der Waals surface area (Å²) < 4.78 is 39.9. The Morgan fingerprint density at radius 1 is 1.24 bits per heavy atom. The van der Waals surface area contributed by atoms with Crippen molar-refractivity contribution in [1.29, 1.82) is 0 Å². The lowest BCUT2D eigenvalue weighted by atomic mass is 9.82. The van der Waals surface area contributed by atoms with E-state index >= 15 is 0 Å². The second-order valence-corrected chi connectivity index (χ2v) is 6.66. The molecule has 1 aliphatic rings. The van der Waals surface area contributed by atoms with Gasteiger partial charge < -0.3 is 5.32 Å². The van der Waals surface area contributed by atoms with Crippen molar-refractivity contribution in [3.63, 3.8) is 0 Å². The molecule has 1 atom stereocenters. The molecule has 0 amide bonds. The molecule has 1 fully saturated rings. The van der Waals surface area contributed by atoms with Gasteiger partial charge in [0.1, 0.15) is 0 Å². The molecule has 1 aromatic carbocycles. The lowest BCUT2D eigenvalue weighted by Gasteiger charge is -2.31. The van der Waals surface area contributed by atoms with E-state index in [0.717, 1.165) is 25.3 Å². The van der Waals surface area contributed by atoms with E-state index in [4.69, 9.17) is 0 Å². The first-order chi connectivity index (χ1) is 9.91. The van der Waals surface area contributed by atoms with Crippen molar-refractivity contribution < 1.29 is 13.2 Å². The first-order valence-corrected chi connectivity index (χ1v) is 8.34. The highest BCUT2D eigenvalue weighted by Crippen LogP contribution is 2.38. The SMILES string of the molecule is CCC(Nc1ccc(Br)cc1C(F)(F)F)C1CCCCC1.